The Bertz CT molecular complexity index is 1470. The summed E-state index contributed by atoms with van der Waals surface area (Å²) in [5, 5.41) is 22.1. The average Bonchev–Trinajstić information content (AvgIpc) is 3.24. The smallest absolute Gasteiger partial charge is 0.324 e. The number of carboxylic acids is 1. The molecule has 0 saturated heterocycles. The van der Waals surface area contributed by atoms with Gasteiger partial charge in [0.15, 0.2) is 5.82 Å². The average molecular weight is 536 g/mol. The number of nitrogens with zero attached hydrogens (tertiary/aromatic N) is 4. The molecule has 35 heavy (non-hydrogen) atoms. The van der Waals surface area contributed by atoms with Crippen LogP contribution in [-0.4, -0.2) is 58.8 Å². The second-order valence-electron chi connectivity index (χ2n) is 7.35. The molecular weight excluding hydrogens is 517 g/mol. The van der Waals surface area contributed by atoms with Gasteiger partial charge in [0.1, 0.15) is 12.4 Å². The topological polar surface area (TPSA) is 138 Å². The second-order valence-corrected chi connectivity index (χ2v) is 10.1. The predicted molar refractivity (Wildman–Crippen MR) is 133 cm³/mol. The van der Waals surface area contributed by atoms with E-state index >= 15 is 0 Å². The molecule has 0 saturated carbocycles. The summed E-state index contributed by atoms with van der Waals surface area (Å²) < 4.78 is 29.2. The SMILES string of the molecule is O=C(O)CN(c1ccc2c(ccn2-c2cnc(NCCO)cn2)c1)S(=O)(=O)c1cc(Cl)cc(Cl)c1. The van der Waals surface area contributed by atoms with Gasteiger partial charge in [-0.05, 0) is 42.5 Å². The summed E-state index contributed by atoms with van der Waals surface area (Å²) in [6, 6.07) is 10.3. The number of rotatable bonds is 9. The first kappa shape index (κ1) is 24.7. The Kier molecular flexibility index (Phi) is 7.13. The van der Waals surface area contributed by atoms with Crippen LogP contribution in [0.25, 0.3) is 16.7 Å². The molecule has 2 aromatic carbocycles. The zero-order chi connectivity index (χ0) is 25.2. The molecule has 13 heteroatoms. The maximum absolute atomic E-state index is 13.3. The molecule has 182 valence electrons. The number of nitrogens with one attached hydrogen (secondary N) is 1. The number of halogens is 2. The molecule has 2 aromatic heterocycles. The Hall–Kier alpha value is -3.38. The quantitative estimate of drug-likeness (QED) is 0.296. The van der Waals surface area contributed by atoms with Gasteiger partial charge in [-0.1, -0.05) is 23.2 Å². The zero-order valence-electron chi connectivity index (χ0n) is 18.0. The molecule has 2 heterocycles. The van der Waals surface area contributed by atoms with Gasteiger partial charge in [-0.3, -0.25) is 13.7 Å². The zero-order valence-corrected chi connectivity index (χ0v) is 20.3. The van der Waals surface area contributed by atoms with Gasteiger partial charge in [-0.15, -0.1) is 0 Å². The molecule has 0 fully saturated rings. The molecule has 0 aliphatic heterocycles. The minimum absolute atomic E-state index is 0.0348. The third kappa shape index (κ3) is 5.33. The number of carbonyl (C=O) groups is 1. The molecule has 10 nitrogen and oxygen atoms in total. The van der Waals surface area contributed by atoms with Crippen LogP contribution < -0.4 is 9.62 Å². The van der Waals surface area contributed by atoms with Crippen molar-refractivity contribution in [2.75, 3.05) is 29.3 Å². The number of sulfonamides is 1. The molecule has 0 aliphatic rings. The number of hydrogen-bond donors (Lipinski definition) is 3. The number of carboxylic acid groups (broad SMARTS) is 1. The first-order valence-corrected chi connectivity index (χ1v) is 12.4. The van der Waals surface area contributed by atoms with Crippen molar-refractivity contribution in [1.29, 1.82) is 0 Å². The summed E-state index contributed by atoms with van der Waals surface area (Å²) in [4.78, 5) is 19.9. The Morgan fingerprint density at radius 3 is 2.43 bits per heavy atom. The van der Waals surface area contributed by atoms with Crippen LogP contribution in [0.4, 0.5) is 11.5 Å². The van der Waals surface area contributed by atoms with Crippen LogP contribution in [0.3, 0.4) is 0 Å². The largest absolute Gasteiger partial charge is 0.480 e. The lowest BCUT2D eigenvalue weighted by atomic mass is 10.2. The van der Waals surface area contributed by atoms with Crippen LogP contribution in [0.15, 0.2) is 66.0 Å². The van der Waals surface area contributed by atoms with E-state index in [1.54, 1.807) is 35.2 Å². The molecule has 0 amide bonds. The number of benzene rings is 2. The highest BCUT2D eigenvalue weighted by molar-refractivity contribution is 7.92. The molecule has 0 spiro atoms. The van der Waals surface area contributed by atoms with Crippen molar-refractivity contribution in [2.24, 2.45) is 0 Å². The summed E-state index contributed by atoms with van der Waals surface area (Å²) in [7, 11) is -4.29. The van der Waals surface area contributed by atoms with E-state index in [9.17, 15) is 18.3 Å². The van der Waals surface area contributed by atoms with Gasteiger partial charge in [0, 0.05) is 28.2 Å². The van der Waals surface area contributed by atoms with Crippen molar-refractivity contribution < 1.29 is 23.4 Å². The van der Waals surface area contributed by atoms with Crippen molar-refractivity contribution in [2.45, 2.75) is 4.90 Å². The standard InChI is InChI=1S/C22H19Cl2N5O5S/c23-15-8-16(24)10-18(9-15)35(33,34)29(13-22(31)32)17-1-2-19-14(7-17)3-5-28(19)21-12-26-20(11-27-21)25-4-6-30/h1-3,5,7-12,30H,4,6,13H2,(H,25,26)(H,31,32). The summed E-state index contributed by atoms with van der Waals surface area (Å²) >= 11 is 11.9. The maximum atomic E-state index is 13.3. The Balaban J connectivity index is 1.72. The van der Waals surface area contributed by atoms with Gasteiger partial charge in [-0.2, -0.15) is 0 Å². The molecule has 0 atom stereocenters. The van der Waals surface area contributed by atoms with Crippen molar-refractivity contribution in [1.82, 2.24) is 14.5 Å². The maximum Gasteiger partial charge on any atom is 0.324 e. The first-order valence-electron chi connectivity index (χ1n) is 10.2. The number of fused-ring (bicyclic) bond motifs is 1. The highest BCUT2D eigenvalue weighted by Gasteiger charge is 2.28. The van der Waals surface area contributed by atoms with Gasteiger partial charge in [-0.25, -0.2) is 18.4 Å². The Morgan fingerprint density at radius 2 is 1.80 bits per heavy atom. The van der Waals surface area contributed by atoms with E-state index in [0.717, 1.165) is 4.31 Å². The molecule has 0 aliphatic carbocycles. The minimum atomic E-state index is -4.29. The van der Waals surface area contributed by atoms with Crippen molar-refractivity contribution in [3.8, 4) is 5.82 Å². The van der Waals surface area contributed by atoms with Crippen molar-refractivity contribution in [3.05, 3.63) is 71.1 Å². The van der Waals surface area contributed by atoms with Crippen molar-refractivity contribution in [3.63, 3.8) is 0 Å². The van der Waals surface area contributed by atoms with E-state index in [1.165, 1.54) is 30.5 Å². The molecule has 0 unspecified atom stereocenters. The molecule has 0 radical (unpaired) electrons. The fourth-order valence-electron chi connectivity index (χ4n) is 3.45. The minimum Gasteiger partial charge on any atom is -0.480 e. The van der Waals surface area contributed by atoms with Crippen LogP contribution in [0, 0.1) is 0 Å². The molecule has 3 N–H and O–H groups in total. The van der Waals surface area contributed by atoms with Crippen LogP contribution in [0.1, 0.15) is 0 Å². The van der Waals surface area contributed by atoms with E-state index in [0.29, 0.717) is 29.1 Å². The van der Waals surface area contributed by atoms with E-state index in [-0.39, 0.29) is 27.2 Å². The summed E-state index contributed by atoms with van der Waals surface area (Å²) in [6.07, 6.45) is 4.83. The number of aliphatic hydroxyl groups is 1. The van der Waals surface area contributed by atoms with Gasteiger partial charge in [0.25, 0.3) is 10.0 Å². The monoisotopic (exact) mass is 535 g/mol. The van der Waals surface area contributed by atoms with Gasteiger partial charge in [0.2, 0.25) is 0 Å². The Morgan fingerprint density at radius 1 is 1.06 bits per heavy atom. The number of aliphatic carboxylic acids is 1. The predicted octanol–water partition coefficient (Wildman–Crippen LogP) is 3.41. The highest BCUT2D eigenvalue weighted by Crippen LogP contribution is 2.31. The normalized spacial score (nSPS) is 11.5. The number of aromatic nitrogens is 3. The molecule has 4 rings (SSSR count). The molecular formula is C22H19Cl2N5O5S. The third-order valence-corrected chi connectivity index (χ3v) is 7.16. The van der Waals surface area contributed by atoms with E-state index in [4.69, 9.17) is 28.3 Å². The second kappa shape index (κ2) is 10.1. The van der Waals surface area contributed by atoms with Gasteiger partial charge >= 0.3 is 5.97 Å². The van der Waals surface area contributed by atoms with E-state index in [2.05, 4.69) is 15.3 Å². The Labute approximate surface area is 210 Å². The lowest BCUT2D eigenvalue weighted by molar-refractivity contribution is -0.135. The fraction of sp³-hybridized carbons (Fsp3) is 0.136. The van der Waals surface area contributed by atoms with Crippen LogP contribution in [0.2, 0.25) is 10.0 Å². The lowest BCUT2D eigenvalue weighted by Crippen LogP contribution is -2.35. The van der Waals surface area contributed by atoms with E-state index < -0.39 is 22.5 Å². The number of hydrogen-bond acceptors (Lipinski definition) is 7. The number of anilines is 2. The van der Waals surface area contributed by atoms with Crippen LogP contribution >= 0.6 is 23.2 Å². The molecule has 0 bridgehead atoms. The van der Waals surface area contributed by atoms with Crippen LogP contribution in [-0.2, 0) is 14.8 Å². The third-order valence-electron chi connectivity index (χ3n) is 4.97. The van der Waals surface area contributed by atoms with Crippen molar-refractivity contribution >= 4 is 61.6 Å². The summed E-state index contributed by atoms with van der Waals surface area (Å²) in [5.41, 5.74) is 0.862. The summed E-state index contributed by atoms with van der Waals surface area (Å²) in [6.45, 7) is -0.486. The number of aliphatic hydroxyl groups excluding tert-OH is 1. The van der Waals surface area contributed by atoms with Gasteiger partial charge in [0.05, 0.1) is 35.1 Å². The lowest BCUT2D eigenvalue weighted by Gasteiger charge is -2.23. The van der Waals surface area contributed by atoms with Gasteiger partial charge < -0.3 is 15.5 Å². The first-order chi connectivity index (χ1) is 16.7. The fourth-order valence-corrected chi connectivity index (χ4v) is 5.58. The van der Waals surface area contributed by atoms with Crippen LogP contribution in [0.5, 0.6) is 0 Å². The molecule has 4 aromatic rings. The highest BCUT2D eigenvalue weighted by atomic mass is 35.5. The summed E-state index contributed by atoms with van der Waals surface area (Å²) in [5.74, 6) is -0.299. The van der Waals surface area contributed by atoms with E-state index in [1.807, 2.05) is 0 Å².